The second-order valence-corrected chi connectivity index (χ2v) is 7.16. The Balaban J connectivity index is 2.16. The zero-order valence-electron chi connectivity index (χ0n) is 12.6. The normalized spacial score (nSPS) is 21.2. The third-order valence-electron chi connectivity index (χ3n) is 3.76. The minimum Gasteiger partial charge on any atom is -0.339 e. The number of hydrogen-bond acceptors (Lipinski definition) is 4. The molecule has 0 spiro atoms. The lowest BCUT2D eigenvalue weighted by molar-refractivity contribution is -0.127. The molecule has 7 heteroatoms. The molecule has 0 aromatic carbocycles. The Labute approximate surface area is 125 Å². The first-order valence-corrected chi connectivity index (χ1v) is 8.71. The first-order chi connectivity index (χ1) is 9.84. The smallest absolute Gasteiger partial charge is 0.256 e. The maximum atomic E-state index is 12.4. The van der Waals surface area contributed by atoms with Crippen molar-refractivity contribution in [1.29, 1.82) is 0 Å². The second-order valence-electron chi connectivity index (χ2n) is 5.40. The van der Waals surface area contributed by atoms with Crippen molar-refractivity contribution < 1.29 is 13.2 Å². The van der Waals surface area contributed by atoms with Gasteiger partial charge < -0.3 is 9.80 Å². The van der Waals surface area contributed by atoms with E-state index in [2.05, 4.69) is 11.3 Å². The maximum absolute atomic E-state index is 12.4. The van der Waals surface area contributed by atoms with Crippen LogP contribution in [0.2, 0.25) is 0 Å². The Morgan fingerprint density at radius 1 is 1.48 bits per heavy atom. The minimum atomic E-state index is -3.36. The molecule has 21 heavy (non-hydrogen) atoms. The fourth-order valence-corrected chi connectivity index (χ4v) is 3.31. The van der Waals surface area contributed by atoms with E-state index in [1.807, 2.05) is 6.92 Å². The highest BCUT2D eigenvalue weighted by atomic mass is 32.2. The Bertz CT molecular complexity index is 619. The van der Waals surface area contributed by atoms with Crippen LogP contribution in [0.3, 0.4) is 0 Å². The van der Waals surface area contributed by atoms with Gasteiger partial charge in [-0.15, -0.1) is 4.40 Å². The lowest BCUT2D eigenvalue weighted by atomic mass is 10.1. The summed E-state index contributed by atoms with van der Waals surface area (Å²) < 4.78 is 26.6. The average Bonchev–Trinajstić information content (AvgIpc) is 2.44. The summed E-state index contributed by atoms with van der Waals surface area (Å²) in [5, 5.41) is 0. The number of hydrogen-bond donors (Lipinski definition) is 0. The Kier molecular flexibility index (Phi) is 4.51. The highest BCUT2D eigenvalue weighted by Crippen LogP contribution is 2.18. The minimum absolute atomic E-state index is 0.0234. The quantitative estimate of drug-likeness (QED) is 0.780. The molecule has 2 rings (SSSR count). The Morgan fingerprint density at radius 2 is 2.19 bits per heavy atom. The van der Waals surface area contributed by atoms with Gasteiger partial charge in [-0.3, -0.25) is 4.79 Å². The van der Waals surface area contributed by atoms with Gasteiger partial charge in [-0.25, -0.2) is 8.42 Å². The summed E-state index contributed by atoms with van der Waals surface area (Å²) in [6, 6.07) is 0.175. The van der Waals surface area contributed by atoms with Gasteiger partial charge in [-0.1, -0.05) is 13.3 Å². The number of amidine groups is 1. The molecule has 0 N–H and O–H groups in total. The number of carbonyl (C=O) groups is 1. The number of rotatable bonds is 4. The Morgan fingerprint density at radius 3 is 2.86 bits per heavy atom. The van der Waals surface area contributed by atoms with Crippen LogP contribution < -0.4 is 0 Å². The molecule has 116 valence electrons. The summed E-state index contributed by atoms with van der Waals surface area (Å²) in [5.41, 5.74) is 0.554. The highest BCUT2D eigenvalue weighted by molar-refractivity contribution is 7.90. The number of carbonyl (C=O) groups excluding carboxylic acids is 1. The van der Waals surface area contributed by atoms with Crippen molar-refractivity contribution in [3.63, 3.8) is 0 Å². The number of fused-ring (bicyclic) bond motifs is 1. The van der Waals surface area contributed by atoms with Crippen LogP contribution in [0.5, 0.6) is 0 Å². The zero-order valence-corrected chi connectivity index (χ0v) is 13.4. The van der Waals surface area contributed by atoms with Gasteiger partial charge in [-0.05, 0) is 25.5 Å². The fourth-order valence-electron chi connectivity index (χ4n) is 2.34. The standard InChI is InChI=1S/C14H21N3O3S/c1-4-5-11(2)16(3)14(18)12-6-7-13-15-21(19,20)9-8-17(13)10-12/h6-7,10-11H,4-5,8-9H2,1-3H3/t11-/m0/s1. The topological polar surface area (TPSA) is 70.1 Å². The molecular formula is C14H21N3O3S. The van der Waals surface area contributed by atoms with Gasteiger partial charge in [0.05, 0.1) is 11.3 Å². The van der Waals surface area contributed by atoms with Crippen LogP contribution in [-0.2, 0) is 14.8 Å². The lowest BCUT2D eigenvalue weighted by Gasteiger charge is -2.30. The molecule has 6 nitrogen and oxygen atoms in total. The molecule has 1 amide bonds. The van der Waals surface area contributed by atoms with E-state index >= 15 is 0 Å². The summed E-state index contributed by atoms with van der Waals surface area (Å²) in [5.74, 6) is 0.298. The molecule has 0 unspecified atom stereocenters. The molecule has 0 saturated carbocycles. The highest BCUT2D eigenvalue weighted by Gasteiger charge is 2.26. The van der Waals surface area contributed by atoms with Gasteiger partial charge in [0.15, 0.2) is 0 Å². The van der Waals surface area contributed by atoms with Crippen LogP contribution in [0.25, 0.3) is 0 Å². The Hall–Kier alpha value is -1.63. The molecule has 0 aromatic rings. The van der Waals surface area contributed by atoms with Crippen LogP contribution in [0.1, 0.15) is 26.7 Å². The summed E-state index contributed by atoms with van der Waals surface area (Å²) >= 11 is 0. The van der Waals surface area contributed by atoms with Crippen molar-refractivity contribution in [3.8, 4) is 0 Å². The molecule has 0 aromatic heterocycles. The molecule has 0 radical (unpaired) electrons. The average molecular weight is 311 g/mol. The summed E-state index contributed by atoms with van der Waals surface area (Å²) in [4.78, 5) is 15.9. The number of sulfonamides is 1. The number of nitrogens with zero attached hydrogens (tertiary/aromatic N) is 3. The summed E-state index contributed by atoms with van der Waals surface area (Å²) in [6.07, 6.45) is 6.88. The van der Waals surface area contributed by atoms with E-state index in [0.717, 1.165) is 12.8 Å². The zero-order chi connectivity index (χ0) is 15.6. The van der Waals surface area contributed by atoms with E-state index in [9.17, 15) is 13.2 Å². The SMILES string of the molecule is CCC[C@H](C)N(C)C(=O)C1=CN2CCS(=O)(=O)N=C2C=C1. The number of amides is 1. The number of likely N-dealkylation sites (N-methyl/N-ethyl adjacent to an activating group) is 1. The van der Waals surface area contributed by atoms with Crippen molar-refractivity contribution >= 4 is 21.8 Å². The first kappa shape index (κ1) is 15.8. The predicted molar refractivity (Wildman–Crippen MR) is 82.3 cm³/mol. The first-order valence-electron chi connectivity index (χ1n) is 7.10. The maximum Gasteiger partial charge on any atom is 0.256 e. The van der Waals surface area contributed by atoms with Gasteiger partial charge in [-0.2, -0.15) is 0 Å². The predicted octanol–water partition coefficient (Wildman–Crippen LogP) is 1.13. The van der Waals surface area contributed by atoms with Crippen molar-refractivity contribution in [1.82, 2.24) is 9.80 Å². The van der Waals surface area contributed by atoms with Crippen LogP contribution in [0, 0.1) is 0 Å². The molecule has 0 bridgehead atoms. The van der Waals surface area contributed by atoms with Crippen molar-refractivity contribution in [2.75, 3.05) is 19.3 Å². The fraction of sp³-hybridized carbons (Fsp3) is 0.571. The van der Waals surface area contributed by atoms with Crippen LogP contribution >= 0.6 is 0 Å². The van der Waals surface area contributed by atoms with E-state index < -0.39 is 10.0 Å². The van der Waals surface area contributed by atoms with Gasteiger partial charge in [0.25, 0.3) is 15.9 Å². The third kappa shape index (κ3) is 3.53. The monoisotopic (exact) mass is 311 g/mol. The van der Waals surface area contributed by atoms with Gasteiger partial charge >= 0.3 is 0 Å². The molecule has 2 heterocycles. The molecule has 0 fully saturated rings. The molecule has 0 aliphatic carbocycles. The molecule has 1 atom stereocenters. The van der Waals surface area contributed by atoms with Crippen molar-refractivity contribution in [3.05, 3.63) is 23.9 Å². The van der Waals surface area contributed by atoms with E-state index in [1.165, 1.54) is 0 Å². The molecule has 2 aliphatic rings. The lowest BCUT2D eigenvalue weighted by Crippen LogP contribution is -2.40. The summed E-state index contributed by atoms with van der Waals surface area (Å²) in [6.45, 7) is 4.44. The molecular weight excluding hydrogens is 290 g/mol. The van der Waals surface area contributed by atoms with E-state index in [-0.39, 0.29) is 17.7 Å². The van der Waals surface area contributed by atoms with Gasteiger partial charge in [0.2, 0.25) is 0 Å². The van der Waals surface area contributed by atoms with E-state index in [1.54, 1.807) is 35.2 Å². The van der Waals surface area contributed by atoms with Crippen LogP contribution in [0.4, 0.5) is 0 Å². The molecule has 2 aliphatic heterocycles. The van der Waals surface area contributed by atoms with E-state index in [4.69, 9.17) is 0 Å². The van der Waals surface area contributed by atoms with Crippen molar-refractivity contribution in [2.24, 2.45) is 4.40 Å². The van der Waals surface area contributed by atoms with E-state index in [0.29, 0.717) is 18.0 Å². The van der Waals surface area contributed by atoms with Gasteiger partial charge in [0, 0.05) is 25.8 Å². The summed E-state index contributed by atoms with van der Waals surface area (Å²) in [7, 11) is -1.56. The van der Waals surface area contributed by atoms with Crippen LogP contribution in [0.15, 0.2) is 28.3 Å². The van der Waals surface area contributed by atoms with Crippen molar-refractivity contribution in [2.45, 2.75) is 32.7 Å². The third-order valence-corrected chi connectivity index (χ3v) is 4.92. The van der Waals surface area contributed by atoms with Gasteiger partial charge in [0.1, 0.15) is 5.84 Å². The largest absolute Gasteiger partial charge is 0.339 e. The molecule has 0 saturated heterocycles. The van der Waals surface area contributed by atoms with Crippen LogP contribution in [-0.4, -0.2) is 55.3 Å². The second kappa shape index (κ2) is 6.01.